The molecule has 2 aromatic carbocycles. The van der Waals surface area contributed by atoms with E-state index in [1.54, 1.807) is 35.1 Å². The average Bonchev–Trinajstić information content (AvgIpc) is 2.76. The third-order valence-electron chi connectivity index (χ3n) is 5.45. The monoisotopic (exact) mass is 396 g/mol. The first-order valence-electron chi connectivity index (χ1n) is 9.81. The molecule has 0 radical (unpaired) electrons. The number of methoxy groups -OCH3 is 1. The molecule has 154 valence electrons. The van der Waals surface area contributed by atoms with Gasteiger partial charge in [0, 0.05) is 31.7 Å². The normalized spacial score (nSPS) is 13.9. The topological polar surface area (TPSA) is 59.1 Å². The van der Waals surface area contributed by atoms with Gasteiger partial charge in [-0.2, -0.15) is 0 Å². The minimum atomic E-state index is -0.0567. The molecule has 0 N–H and O–H groups in total. The molecule has 6 nitrogen and oxygen atoms in total. The molecule has 1 fully saturated rings. The fourth-order valence-corrected chi connectivity index (χ4v) is 3.47. The van der Waals surface area contributed by atoms with Crippen molar-refractivity contribution < 1.29 is 19.1 Å². The summed E-state index contributed by atoms with van der Waals surface area (Å²) in [7, 11) is 1.58. The van der Waals surface area contributed by atoms with E-state index in [-0.39, 0.29) is 18.4 Å². The summed E-state index contributed by atoms with van der Waals surface area (Å²) >= 11 is 0. The van der Waals surface area contributed by atoms with Crippen LogP contribution in [0, 0.1) is 20.8 Å². The Hall–Kier alpha value is -3.02. The molecule has 29 heavy (non-hydrogen) atoms. The summed E-state index contributed by atoms with van der Waals surface area (Å²) in [5.41, 5.74) is 3.82. The van der Waals surface area contributed by atoms with Crippen molar-refractivity contribution in [3.63, 3.8) is 0 Å². The number of nitrogens with zero attached hydrogens (tertiary/aromatic N) is 2. The van der Waals surface area contributed by atoms with Crippen LogP contribution in [0.2, 0.25) is 0 Å². The van der Waals surface area contributed by atoms with Crippen molar-refractivity contribution in [2.45, 2.75) is 20.8 Å². The highest BCUT2D eigenvalue weighted by atomic mass is 16.5. The van der Waals surface area contributed by atoms with Crippen molar-refractivity contribution in [2.75, 3.05) is 39.9 Å². The fraction of sp³-hybridized carbons (Fsp3) is 0.391. The maximum absolute atomic E-state index is 12.7. The second-order valence-electron chi connectivity index (χ2n) is 7.35. The molecule has 0 bridgehead atoms. The molecule has 3 rings (SSSR count). The second kappa shape index (κ2) is 8.99. The van der Waals surface area contributed by atoms with E-state index in [9.17, 15) is 9.59 Å². The Morgan fingerprint density at radius 3 is 2.28 bits per heavy atom. The van der Waals surface area contributed by atoms with E-state index in [1.807, 2.05) is 32.9 Å². The predicted octanol–water partition coefficient (Wildman–Crippen LogP) is 2.98. The maximum Gasteiger partial charge on any atom is 0.260 e. The van der Waals surface area contributed by atoms with Gasteiger partial charge >= 0.3 is 0 Å². The van der Waals surface area contributed by atoms with E-state index in [0.717, 1.165) is 22.4 Å². The predicted molar refractivity (Wildman–Crippen MR) is 112 cm³/mol. The number of carbonyl (C=O) groups excluding carboxylic acids is 2. The second-order valence-corrected chi connectivity index (χ2v) is 7.35. The first-order chi connectivity index (χ1) is 13.9. The zero-order valence-corrected chi connectivity index (χ0v) is 17.5. The first kappa shape index (κ1) is 20.7. The minimum Gasteiger partial charge on any atom is -0.497 e. The van der Waals surface area contributed by atoms with Gasteiger partial charge in [0.1, 0.15) is 11.5 Å². The highest BCUT2D eigenvalue weighted by Crippen LogP contribution is 2.25. The molecule has 0 spiro atoms. The standard InChI is InChI=1S/C23H28N2O4/c1-16-8-9-17(2)22(18(16)3)29-15-21(26)24-10-12-25(13-11-24)23(27)19-6-5-7-20(14-19)28-4/h5-9,14H,10-13,15H2,1-4H3. The van der Waals surface area contributed by atoms with Crippen LogP contribution in [0.4, 0.5) is 0 Å². The maximum atomic E-state index is 12.7. The van der Waals surface area contributed by atoms with Crippen LogP contribution < -0.4 is 9.47 Å². The van der Waals surface area contributed by atoms with Gasteiger partial charge in [-0.1, -0.05) is 18.2 Å². The molecule has 2 amide bonds. The van der Waals surface area contributed by atoms with Crippen LogP contribution in [0.1, 0.15) is 27.0 Å². The third-order valence-corrected chi connectivity index (χ3v) is 5.45. The number of hydrogen-bond donors (Lipinski definition) is 0. The molecular formula is C23H28N2O4. The zero-order chi connectivity index (χ0) is 21.0. The molecule has 1 saturated heterocycles. The Balaban J connectivity index is 1.54. The van der Waals surface area contributed by atoms with Gasteiger partial charge < -0.3 is 19.3 Å². The molecule has 2 aromatic rings. The lowest BCUT2D eigenvalue weighted by Crippen LogP contribution is -2.51. The molecule has 1 aliphatic heterocycles. The summed E-state index contributed by atoms with van der Waals surface area (Å²) in [6.07, 6.45) is 0. The van der Waals surface area contributed by atoms with Gasteiger partial charge in [0.05, 0.1) is 7.11 Å². The number of carbonyl (C=O) groups is 2. The number of aryl methyl sites for hydroxylation is 2. The lowest BCUT2D eigenvalue weighted by molar-refractivity contribution is -0.134. The molecule has 0 aromatic heterocycles. The average molecular weight is 396 g/mol. The summed E-state index contributed by atoms with van der Waals surface area (Å²) in [5.74, 6) is 1.34. The van der Waals surface area contributed by atoms with Crippen molar-refractivity contribution in [2.24, 2.45) is 0 Å². The van der Waals surface area contributed by atoms with Crippen LogP contribution in [0.3, 0.4) is 0 Å². The summed E-state index contributed by atoms with van der Waals surface area (Å²) in [5, 5.41) is 0. The molecule has 0 unspecified atom stereocenters. The van der Waals surface area contributed by atoms with Gasteiger partial charge in [0.25, 0.3) is 11.8 Å². The largest absolute Gasteiger partial charge is 0.497 e. The van der Waals surface area contributed by atoms with Crippen molar-refractivity contribution in [1.29, 1.82) is 0 Å². The Bertz CT molecular complexity index is 902. The third kappa shape index (κ3) is 4.70. The van der Waals surface area contributed by atoms with E-state index in [1.165, 1.54) is 0 Å². The Kier molecular flexibility index (Phi) is 6.42. The van der Waals surface area contributed by atoms with Gasteiger partial charge in [-0.05, 0) is 55.7 Å². The number of rotatable bonds is 5. The first-order valence-corrected chi connectivity index (χ1v) is 9.81. The van der Waals surface area contributed by atoms with E-state index in [0.29, 0.717) is 37.5 Å². The van der Waals surface area contributed by atoms with Crippen LogP contribution in [0.25, 0.3) is 0 Å². The van der Waals surface area contributed by atoms with Crippen LogP contribution >= 0.6 is 0 Å². The molecule has 6 heteroatoms. The number of benzene rings is 2. The summed E-state index contributed by atoms with van der Waals surface area (Å²) < 4.78 is 11.0. The quantitative estimate of drug-likeness (QED) is 0.780. The summed E-state index contributed by atoms with van der Waals surface area (Å²) in [4.78, 5) is 28.8. The van der Waals surface area contributed by atoms with Gasteiger partial charge in [-0.25, -0.2) is 0 Å². The Labute approximate surface area is 172 Å². The molecule has 0 saturated carbocycles. The van der Waals surface area contributed by atoms with Crippen LogP contribution in [-0.4, -0.2) is 61.5 Å². The molecule has 0 aliphatic carbocycles. The number of piperazine rings is 1. The minimum absolute atomic E-state index is 0.00889. The lowest BCUT2D eigenvalue weighted by atomic mass is 10.1. The van der Waals surface area contributed by atoms with Crippen molar-refractivity contribution in [1.82, 2.24) is 9.80 Å². The lowest BCUT2D eigenvalue weighted by Gasteiger charge is -2.34. The van der Waals surface area contributed by atoms with Gasteiger partial charge in [0.2, 0.25) is 0 Å². The van der Waals surface area contributed by atoms with E-state index >= 15 is 0 Å². The summed E-state index contributed by atoms with van der Waals surface area (Å²) in [6, 6.07) is 11.2. The molecule has 0 atom stereocenters. The fourth-order valence-electron chi connectivity index (χ4n) is 3.47. The molecule has 1 aliphatic rings. The van der Waals surface area contributed by atoms with Crippen LogP contribution in [0.5, 0.6) is 11.5 Å². The molecule has 1 heterocycles. The van der Waals surface area contributed by atoms with Crippen LogP contribution in [0.15, 0.2) is 36.4 Å². The van der Waals surface area contributed by atoms with Crippen molar-refractivity contribution in [3.05, 3.63) is 58.7 Å². The molecular weight excluding hydrogens is 368 g/mol. The van der Waals surface area contributed by atoms with Gasteiger partial charge in [-0.15, -0.1) is 0 Å². The number of hydrogen-bond acceptors (Lipinski definition) is 4. The van der Waals surface area contributed by atoms with E-state index in [4.69, 9.17) is 9.47 Å². The zero-order valence-electron chi connectivity index (χ0n) is 17.5. The van der Waals surface area contributed by atoms with E-state index < -0.39 is 0 Å². The Morgan fingerprint density at radius 2 is 1.59 bits per heavy atom. The van der Waals surface area contributed by atoms with Crippen molar-refractivity contribution in [3.8, 4) is 11.5 Å². The highest BCUT2D eigenvalue weighted by molar-refractivity contribution is 5.94. The van der Waals surface area contributed by atoms with E-state index in [2.05, 4.69) is 6.07 Å². The Morgan fingerprint density at radius 1 is 0.931 bits per heavy atom. The SMILES string of the molecule is COc1cccc(C(=O)N2CCN(C(=O)COc3c(C)ccc(C)c3C)CC2)c1. The smallest absolute Gasteiger partial charge is 0.260 e. The van der Waals surface area contributed by atoms with Crippen LogP contribution in [-0.2, 0) is 4.79 Å². The highest BCUT2D eigenvalue weighted by Gasteiger charge is 2.25. The summed E-state index contributed by atoms with van der Waals surface area (Å²) in [6.45, 7) is 8.04. The van der Waals surface area contributed by atoms with Gasteiger partial charge in [0.15, 0.2) is 6.61 Å². The van der Waals surface area contributed by atoms with Crippen molar-refractivity contribution >= 4 is 11.8 Å². The van der Waals surface area contributed by atoms with Gasteiger partial charge in [-0.3, -0.25) is 9.59 Å². The number of amides is 2. The number of ether oxygens (including phenoxy) is 2.